The second-order valence-corrected chi connectivity index (χ2v) is 11.4. The van der Waals surface area contributed by atoms with Crippen molar-refractivity contribution < 1.29 is 31.9 Å². The van der Waals surface area contributed by atoms with E-state index in [0.29, 0.717) is 37.5 Å². The zero-order valence-electron chi connectivity index (χ0n) is 25.0. The van der Waals surface area contributed by atoms with Crippen molar-refractivity contribution >= 4 is 12.0 Å². The fourth-order valence-corrected chi connectivity index (χ4v) is 5.95. The van der Waals surface area contributed by atoms with Crippen molar-refractivity contribution in [1.82, 2.24) is 10.6 Å². The summed E-state index contributed by atoms with van der Waals surface area (Å²) in [7, 11) is 0. The largest absolute Gasteiger partial charge is 0.466 e. The van der Waals surface area contributed by atoms with E-state index in [0.717, 1.165) is 61.8 Å². The van der Waals surface area contributed by atoms with Gasteiger partial charge in [-0.2, -0.15) is 13.2 Å². The van der Waals surface area contributed by atoms with E-state index in [-0.39, 0.29) is 24.0 Å². The minimum Gasteiger partial charge on any atom is -0.466 e. The third-order valence-electron chi connectivity index (χ3n) is 8.12. The maximum atomic E-state index is 15.0. The molecule has 3 aromatic carbocycles. The van der Waals surface area contributed by atoms with Crippen molar-refractivity contribution in [2.75, 3.05) is 6.61 Å². The number of unbranched alkanes of at least 4 members (excludes halogenated alkanes) is 2. The Morgan fingerprint density at radius 2 is 1.55 bits per heavy atom. The van der Waals surface area contributed by atoms with Crippen LogP contribution in [0.2, 0.25) is 0 Å². The van der Waals surface area contributed by atoms with Crippen LogP contribution in [0.4, 0.5) is 22.4 Å². The first-order chi connectivity index (χ1) is 21.1. The number of nitrogens with one attached hydrogen (secondary N) is 2. The lowest BCUT2D eigenvalue weighted by Gasteiger charge is -2.37. The normalized spacial score (nSPS) is 15.0. The van der Waals surface area contributed by atoms with Gasteiger partial charge in [0.25, 0.3) is 0 Å². The predicted molar refractivity (Wildman–Crippen MR) is 161 cm³/mol. The Kier molecular flexibility index (Phi) is 11.4. The van der Waals surface area contributed by atoms with Crippen molar-refractivity contribution in [3.63, 3.8) is 0 Å². The monoisotopic (exact) mass is 612 g/mol. The van der Waals surface area contributed by atoms with Gasteiger partial charge in [-0.1, -0.05) is 73.9 Å². The summed E-state index contributed by atoms with van der Waals surface area (Å²) in [6.45, 7) is 2.11. The molecule has 2 amide bonds. The highest BCUT2D eigenvalue weighted by molar-refractivity contribution is 5.76. The third-order valence-corrected chi connectivity index (χ3v) is 8.12. The molecule has 44 heavy (non-hydrogen) atoms. The Hall–Kier alpha value is -3.88. The van der Waals surface area contributed by atoms with Gasteiger partial charge < -0.3 is 15.4 Å². The van der Waals surface area contributed by atoms with E-state index in [1.54, 1.807) is 13.0 Å². The van der Waals surface area contributed by atoms with Crippen LogP contribution in [-0.4, -0.2) is 24.6 Å². The Balaban J connectivity index is 1.74. The highest BCUT2D eigenvalue weighted by atomic mass is 19.4. The van der Waals surface area contributed by atoms with E-state index < -0.39 is 29.1 Å². The van der Waals surface area contributed by atoms with Crippen molar-refractivity contribution in [3.8, 4) is 0 Å². The first kappa shape index (κ1) is 33.0. The minimum atomic E-state index is -4.78. The van der Waals surface area contributed by atoms with Crippen molar-refractivity contribution in [1.29, 1.82) is 0 Å². The number of aryl methyl sites for hydroxylation is 1. The summed E-state index contributed by atoms with van der Waals surface area (Å²) >= 11 is 0. The summed E-state index contributed by atoms with van der Waals surface area (Å²) in [5.74, 6) is -1.27. The van der Waals surface area contributed by atoms with Gasteiger partial charge in [0.15, 0.2) is 0 Å². The Morgan fingerprint density at radius 1 is 0.841 bits per heavy atom. The van der Waals surface area contributed by atoms with Crippen LogP contribution in [0.25, 0.3) is 0 Å². The smallest absolute Gasteiger partial charge is 0.416 e. The van der Waals surface area contributed by atoms with E-state index in [1.807, 2.05) is 48.5 Å². The number of carbonyl (C=O) groups excluding carboxylic acids is 2. The molecule has 1 fully saturated rings. The van der Waals surface area contributed by atoms with Crippen LogP contribution in [-0.2, 0) is 34.1 Å². The number of hydrogen-bond donors (Lipinski definition) is 2. The van der Waals surface area contributed by atoms with Crippen LogP contribution in [0.3, 0.4) is 0 Å². The first-order valence-corrected chi connectivity index (χ1v) is 15.3. The van der Waals surface area contributed by atoms with Crippen LogP contribution in [0.5, 0.6) is 0 Å². The average Bonchev–Trinajstić information content (AvgIpc) is 3.49. The van der Waals surface area contributed by atoms with Gasteiger partial charge in [-0.15, -0.1) is 0 Å². The highest BCUT2D eigenvalue weighted by Gasteiger charge is 2.40. The number of carbonyl (C=O) groups is 2. The molecule has 0 spiro atoms. The highest BCUT2D eigenvalue weighted by Crippen LogP contribution is 2.39. The van der Waals surface area contributed by atoms with E-state index in [2.05, 4.69) is 10.6 Å². The summed E-state index contributed by atoms with van der Waals surface area (Å²) in [4.78, 5) is 25.2. The molecule has 2 N–H and O–H groups in total. The second-order valence-electron chi connectivity index (χ2n) is 11.4. The molecular weight excluding hydrogens is 572 g/mol. The van der Waals surface area contributed by atoms with Crippen molar-refractivity contribution in [3.05, 3.63) is 106 Å². The van der Waals surface area contributed by atoms with Gasteiger partial charge in [0.05, 0.1) is 17.7 Å². The predicted octanol–water partition coefficient (Wildman–Crippen LogP) is 8.24. The molecule has 5 nitrogen and oxygen atoms in total. The zero-order chi connectivity index (χ0) is 31.6. The van der Waals surface area contributed by atoms with Gasteiger partial charge in [-0.3, -0.25) is 4.79 Å². The van der Waals surface area contributed by atoms with E-state index in [4.69, 9.17) is 4.74 Å². The molecular formula is C35H40F4N2O3. The molecule has 0 aliphatic heterocycles. The molecule has 9 heteroatoms. The van der Waals surface area contributed by atoms with E-state index >= 15 is 0 Å². The summed E-state index contributed by atoms with van der Waals surface area (Å²) in [6.07, 6.45) is 2.18. The third kappa shape index (κ3) is 9.07. The van der Waals surface area contributed by atoms with Crippen LogP contribution >= 0.6 is 0 Å². The first-order valence-electron chi connectivity index (χ1n) is 15.3. The standard InChI is InChI=1S/C35H40F4N2O3/c1-2-44-32(42)19-8-4-5-12-25-15-11-16-27(20-25)34(24-26-13-6-3-7-14-26,41-33(43)40-31-17-9-10-18-31)28-21-29(35(37,38)39)23-30(36)22-28/h3,6-7,11,13-16,20-23,31H,2,4-5,8-10,12,17-19,24H2,1H3,(H2,40,41,43). The van der Waals surface area contributed by atoms with E-state index in [1.165, 1.54) is 0 Å². The number of urea groups is 1. The Morgan fingerprint density at radius 3 is 2.25 bits per heavy atom. The second kappa shape index (κ2) is 15.2. The SMILES string of the molecule is CCOC(=O)CCCCCc1cccc(C(Cc2ccccc2)(NC(=O)NC2CCCC2)c2cc(F)cc(C(F)(F)F)c2)c1. The molecule has 4 rings (SSSR count). The molecule has 0 bridgehead atoms. The van der Waals surface area contributed by atoms with Crippen LogP contribution in [0, 0.1) is 5.82 Å². The minimum absolute atomic E-state index is 0.00170. The molecule has 1 unspecified atom stereocenters. The van der Waals surface area contributed by atoms with Gasteiger partial charge in [-0.05, 0) is 79.5 Å². The molecule has 1 aliphatic carbocycles. The van der Waals surface area contributed by atoms with Gasteiger partial charge in [0.1, 0.15) is 5.82 Å². The lowest BCUT2D eigenvalue weighted by molar-refractivity contribution is -0.143. The molecule has 0 saturated heterocycles. The van der Waals surface area contributed by atoms with Crippen molar-refractivity contribution in [2.45, 2.75) is 88.9 Å². The maximum Gasteiger partial charge on any atom is 0.416 e. The lowest BCUT2D eigenvalue weighted by atomic mass is 9.76. The number of halogens is 4. The van der Waals surface area contributed by atoms with Crippen LogP contribution in [0.1, 0.15) is 86.1 Å². The molecule has 1 saturated carbocycles. The van der Waals surface area contributed by atoms with Gasteiger partial charge in [0, 0.05) is 18.9 Å². The Labute approximate surface area is 256 Å². The topological polar surface area (TPSA) is 67.4 Å². The number of benzene rings is 3. The molecule has 0 aromatic heterocycles. The maximum absolute atomic E-state index is 15.0. The quantitative estimate of drug-likeness (QED) is 0.116. The number of esters is 1. The number of amides is 2. The fourth-order valence-electron chi connectivity index (χ4n) is 5.95. The molecule has 0 heterocycles. The lowest BCUT2D eigenvalue weighted by Crippen LogP contribution is -2.53. The van der Waals surface area contributed by atoms with Crippen LogP contribution < -0.4 is 10.6 Å². The van der Waals surface area contributed by atoms with Gasteiger partial charge in [-0.25, -0.2) is 9.18 Å². The summed E-state index contributed by atoms with van der Waals surface area (Å²) in [5, 5.41) is 6.03. The number of hydrogen-bond acceptors (Lipinski definition) is 3. The molecule has 0 radical (unpaired) electrons. The number of alkyl halides is 3. The van der Waals surface area contributed by atoms with Gasteiger partial charge in [0.2, 0.25) is 0 Å². The summed E-state index contributed by atoms with van der Waals surface area (Å²) in [6, 6.07) is 18.4. The Bertz CT molecular complexity index is 1390. The molecule has 1 aliphatic rings. The van der Waals surface area contributed by atoms with E-state index in [9.17, 15) is 27.2 Å². The summed E-state index contributed by atoms with van der Waals surface area (Å²) < 4.78 is 61.8. The number of rotatable bonds is 13. The molecule has 3 aromatic rings. The van der Waals surface area contributed by atoms with Crippen LogP contribution in [0.15, 0.2) is 72.8 Å². The van der Waals surface area contributed by atoms with Crippen molar-refractivity contribution in [2.24, 2.45) is 0 Å². The zero-order valence-corrected chi connectivity index (χ0v) is 25.0. The fraction of sp³-hybridized carbons (Fsp3) is 0.429. The average molecular weight is 613 g/mol. The molecule has 1 atom stereocenters. The molecule has 236 valence electrons. The summed E-state index contributed by atoms with van der Waals surface area (Å²) in [5.41, 5.74) is -0.419. The van der Waals surface area contributed by atoms with Gasteiger partial charge >= 0.3 is 18.2 Å². The number of ether oxygens (including phenoxy) is 1.